The average Bonchev–Trinajstić information content (AvgIpc) is 2.39. The third-order valence-corrected chi connectivity index (χ3v) is 3.38. The van der Waals surface area contributed by atoms with E-state index in [4.69, 9.17) is 10.5 Å². The lowest BCUT2D eigenvalue weighted by Gasteiger charge is -2.21. The van der Waals surface area contributed by atoms with Gasteiger partial charge in [-0.3, -0.25) is 0 Å². The van der Waals surface area contributed by atoms with Gasteiger partial charge < -0.3 is 15.4 Å². The Morgan fingerprint density at radius 1 is 1.20 bits per heavy atom. The van der Waals surface area contributed by atoms with Crippen molar-refractivity contribution in [2.24, 2.45) is 11.7 Å². The van der Waals surface area contributed by atoms with E-state index in [0.717, 1.165) is 32.7 Å². The van der Waals surface area contributed by atoms with Gasteiger partial charge in [0.1, 0.15) is 0 Å². The van der Waals surface area contributed by atoms with Crippen molar-refractivity contribution >= 4 is 0 Å². The van der Waals surface area contributed by atoms with Crippen LogP contribution < -0.4 is 5.73 Å². The standard InChI is InChI=1S/C17H30N2O/c1-5-20-11-10-19(4)13-17(18)16-8-6-15(7-9-16)12-14(2)3/h6-9,14,17H,5,10-13,18H2,1-4H3. The molecule has 1 atom stereocenters. The Labute approximate surface area is 124 Å². The fourth-order valence-electron chi connectivity index (χ4n) is 2.27. The van der Waals surface area contributed by atoms with Crippen LogP contribution in [-0.2, 0) is 11.2 Å². The van der Waals surface area contributed by atoms with E-state index in [9.17, 15) is 0 Å². The molecule has 0 aliphatic carbocycles. The topological polar surface area (TPSA) is 38.5 Å². The number of nitrogens with zero attached hydrogens (tertiary/aromatic N) is 1. The van der Waals surface area contributed by atoms with E-state index in [2.05, 4.69) is 50.1 Å². The highest BCUT2D eigenvalue weighted by Crippen LogP contribution is 2.15. The highest BCUT2D eigenvalue weighted by molar-refractivity contribution is 5.25. The van der Waals surface area contributed by atoms with Crippen molar-refractivity contribution in [3.8, 4) is 0 Å². The third-order valence-electron chi connectivity index (χ3n) is 3.38. The third kappa shape index (κ3) is 6.51. The van der Waals surface area contributed by atoms with Crippen molar-refractivity contribution in [1.29, 1.82) is 0 Å². The van der Waals surface area contributed by atoms with Crippen LogP contribution in [0.15, 0.2) is 24.3 Å². The van der Waals surface area contributed by atoms with Gasteiger partial charge in [-0.05, 0) is 37.4 Å². The predicted octanol–water partition coefficient (Wildman–Crippen LogP) is 2.85. The molecule has 0 aliphatic rings. The molecule has 114 valence electrons. The molecule has 0 spiro atoms. The monoisotopic (exact) mass is 278 g/mol. The van der Waals surface area contributed by atoms with Gasteiger partial charge in [-0.25, -0.2) is 0 Å². The summed E-state index contributed by atoms with van der Waals surface area (Å²) in [6.07, 6.45) is 1.13. The van der Waals surface area contributed by atoms with Crippen LogP contribution in [0.1, 0.15) is 37.9 Å². The SMILES string of the molecule is CCOCCN(C)CC(N)c1ccc(CC(C)C)cc1. The van der Waals surface area contributed by atoms with Crippen LogP contribution in [0.25, 0.3) is 0 Å². The number of nitrogens with two attached hydrogens (primary N) is 1. The fourth-order valence-corrected chi connectivity index (χ4v) is 2.27. The van der Waals surface area contributed by atoms with Crippen molar-refractivity contribution in [3.05, 3.63) is 35.4 Å². The molecule has 0 radical (unpaired) electrons. The molecule has 2 N–H and O–H groups in total. The van der Waals surface area contributed by atoms with Gasteiger partial charge in [0, 0.05) is 25.7 Å². The second kappa shape index (κ2) is 9.11. The van der Waals surface area contributed by atoms with Crippen molar-refractivity contribution in [1.82, 2.24) is 4.90 Å². The molecular weight excluding hydrogens is 248 g/mol. The Hall–Kier alpha value is -0.900. The number of benzene rings is 1. The van der Waals surface area contributed by atoms with Gasteiger partial charge in [0.05, 0.1) is 6.61 Å². The molecule has 3 nitrogen and oxygen atoms in total. The Morgan fingerprint density at radius 2 is 1.85 bits per heavy atom. The zero-order valence-electron chi connectivity index (χ0n) is 13.4. The maximum absolute atomic E-state index is 6.27. The molecule has 1 aromatic rings. The summed E-state index contributed by atoms with van der Waals surface area (Å²) in [5.74, 6) is 0.694. The van der Waals surface area contributed by atoms with E-state index in [1.54, 1.807) is 0 Å². The molecule has 20 heavy (non-hydrogen) atoms. The van der Waals surface area contributed by atoms with Crippen LogP contribution in [0.4, 0.5) is 0 Å². The number of hydrogen-bond acceptors (Lipinski definition) is 3. The minimum Gasteiger partial charge on any atom is -0.380 e. The summed E-state index contributed by atoms with van der Waals surface area (Å²) in [5.41, 5.74) is 8.87. The lowest BCUT2D eigenvalue weighted by atomic mass is 9.99. The molecule has 0 aliphatic heterocycles. The van der Waals surface area contributed by atoms with E-state index < -0.39 is 0 Å². The number of hydrogen-bond donors (Lipinski definition) is 1. The zero-order valence-corrected chi connectivity index (χ0v) is 13.4. The summed E-state index contributed by atoms with van der Waals surface area (Å²) < 4.78 is 5.36. The normalized spacial score (nSPS) is 13.2. The van der Waals surface area contributed by atoms with E-state index in [1.165, 1.54) is 11.1 Å². The Bertz CT molecular complexity index is 362. The van der Waals surface area contributed by atoms with Crippen LogP contribution in [0.5, 0.6) is 0 Å². The van der Waals surface area contributed by atoms with Gasteiger partial charge >= 0.3 is 0 Å². The first kappa shape index (κ1) is 17.2. The van der Waals surface area contributed by atoms with E-state index >= 15 is 0 Å². The maximum Gasteiger partial charge on any atom is 0.0593 e. The molecule has 0 bridgehead atoms. The summed E-state index contributed by atoms with van der Waals surface area (Å²) in [5, 5.41) is 0. The van der Waals surface area contributed by atoms with Gasteiger partial charge in [-0.1, -0.05) is 38.1 Å². The first-order chi connectivity index (χ1) is 9.52. The van der Waals surface area contributed by atoms with E-state index in [-0.39, 0.29) is 6.04 Å². The average molecular weight is 278 g/mol. The minimum atomic E-state index is 0.0646. The molecule has 0 saturated carbocycles. The zero-order chi connectivity index (χ0) is 15.0. The summed E-state index contributed by atoms with van der Waals surface area (Å²) >= 11 is 0. The van der Waals surface area contributed by atoms with Crippen molar-refractivity contribution in [2.45, 2.75) is 33.2 Å². The highest BCUT2D eigenvalue weighted by Gasteiger charge is 2.09. The molecule has 0 heterocycles. The van der Waals surface area contributed by atoms with Gasteiger partial charge in [0.15, 0.2) is 0 Å². The first-order valence-electron chi connectivity index (χ1n) is 7.63. The first-order valence-corrected chi connectivity index (χ1v) is 7.63. The Morgan fingerprint density at radius 3 is 2.40 bits per heavy atom. The number of ether oxygens (including phenoxy) is 1. The molecule has 0 aromatic heterocycles. The van der Waals surface area contributed by atoms with Crippen LogP contribution in [0.2, 0.25) is 0 Å². The van der Waals surface area contributed by atoms with Crippen LogP contribution in [0, 0.1) is 5.92 Å². The smallest absolute Gasteiger partial charge is 0.0593 e. The van der Waals surface area contributed by atoms with Crippen molar-refractivity contribution in [2.75, 3.05) is 33.4 Å². The second-order valence-corrected chi connectivity index (χ2v) is 5.91. The largest absolute Gasteiger partial charge is 0.380 e. The second-order valence-electron chi connectivity index (χ2n) is 5.91. The maximum atomic E-state index is 6.27. The highest BCUT2D eigenvalue weighted by atomic mass is 16.5. The molecule has 0 saturated heterocycles. The molecule has 0 fully saturated rings. The van der Waals surface area contributed by atoms with Crippen molar-refractivity contribution < 1.29 is 4.74 Å². The molecule has 1 rings (SSSR count). The van der Waals surface area contributed by atoms with Gasteiger partial charge in [-0.2, -0.15) is 0 Å². The predicted molar refractivity (Wildman–Crippen MR) is 85.9 cm³/mol. The number of rotatable bonds is 9. The molecule has 0 amide bonds. The summed E-state index contributed by atoms with van der Waals surface area (Å²) in [4.78, 5) is 2.22. The summed E-state index contributed by atoms with van der Waals surface area (Å²) in [7, 11) is 2.09. The summed E-state index contributed by atoms with van der Waals surface area (Å²) in [6.45, 7) is 9.83. The fraction of sp³-hybridized carbons (Fsp3) is 0.647. The van der Waals surface area contributed by atoms with Gasteiger partial charge in [0.2, 0.25) is 0 Å². The van der Waals surface area contributed by atoms with Gasteiger partial charge in [0.25, 0.3) is 0 Å². The molecular formula is C17H30N2O. The van der Waals surface area contributed by atoms with E-state index in [0.29, 0.717) is 5.92 Å². The molecule has 1 unspecified atom stereocenters. The minimum absolute atomic E-state index is 0.0646. The lowest BCUT2D eigenvalue weighted by Crippen LogP contribution is -2.31. The van der Waals surface area contributed by atoms with Crippen LogP contribution >= 0.6 is 0 Å². The summed E-state index contributed by atoms with van der Waals surface area (Å²) in [6, 6.07) is 8.80. The van der Waals surface area contributed by atoms with Gasteiger partial charge in [-0.15, -0.1) is 0 Å². The molecule has 3 heteroatoms. The Balaban J connectivity index is 2.44. The number of likely N-dealkylation sites (N-methyl/N-ethyl adjacent to an activating group) is 1. The Kier molecular flexibility index (Phi) is 7.82. The quantitative estimate of drug-likeness (QED) is 0.706. The van der Waals surface area contributed by atoms with Crippen LogP contribution in [0.3, 0.4) is 0 Å². The van der Waals surface area contributed by atoms with Crippen molar-refractivity contribution in [3.63, 3.8) is 0 Å². The van der Waals surface area contributed by atoms with Crippen LogP contribution in [-0.4, -0.2) is 38.3 Å². The lowest BCUT2D eigenvalue weighted by molar-refractivity contribution is 0.120. The van der Waals surface area contributed by atoms with E-state index in [1.807, 2.05) is 6.92 Å². The molecule has 1 aromatic carbocycles.